The van der Waals surface area contributed by atoms with Crippen LogP contribution in [0.4, 0.5) is 0 Å². The molecule has 2 fully saturated rings. The molecule has 0 radical (unpaired) electrons. The van der Waals surface area contributed by atoms with Crippen molar-refractivity contribution in [2.24, 2.45) is 10.8 Å². The van der Waals surface area contributed by atoms with E-state index in [0.29, 0.717) is 0 Å². The second-order valence-electron chi connectivity index (χ2n) is 13.7. The van der Waals surface area contributed by atoms with Crippen LogP contribution in [0.3, 0.4) is 0 Å². The normalized spacial score (nSPS) is 18.6. The fraction of sp³-hybridized carbons (Fsp3) is 0.476. The molecule has 0 spiro atoms. The summed E-state index contributed by atoms with van der Waals surface area (Å²) in [6.45, 7) is 17.0. The van der Waals surface area contributed by atoms with Gasteiger partial charge in [0.2, 0.25) is 0 Å². The van der Waals surface area contributed by atoms with Crippen molar-refractivity contribution in [1.29, 1.82) is 0 Å². The van der Waals surface area contributed by atoms with Gasteiger partial charge in [0.15, 0.2) is 6.29 Å². The first-order valence-corrected chi connectivity index (χ1v) is 16.1. The summed E-state index contributed by atoms with van der Waals surface area (Å²) in [7, 11) is 0. The number of unbranched alkanes of at least 4 members (excludes halogenated alkanes) is 2. The third-order valence-corrected chi connectivity index (χ3v) is 7.07. The molecule has 0 aromatic heterocycles. The van der Waals surface area contributed by atoms with E-state index in [2.05, 4.69) is 145 Å². The number of rotatable bonds is 3. The van der Waals surface area contributed by atoms with Crippen LogP contribution in [0, 0.1) is 70.0 Å². The Labute approximate surface area is 267 Å². The Kier molecular flexibility index (Phi) is 11.1. The first-order chi connectivity index (χ1) is 20.9. The summed E-state index contributed by atoms with van der Waals surface area (Å²) in [5, 5.41) is 0. The van der Waals surface area contributed by atoms with E-state index in [1.54, 1.807) is 0 Å². The Morgan fingerprint density at radius 3 is 1.57 bits per heavy atom. The zero-order valence-electron chi connectivity index (χ0n) is 27.9. The van der Waals surface area contributed by atoms with Crippen LogP contribution in [0.25, 0.3) is 0 Å². The Balaban J connectivity index is 1.85. The molecule has 1 saturated carbocycles. The van der Waals surface area contributed by atoms with Gasteiger partial charge in [-0.3, -0.25) is 0 Å². The maximum Gasteiger partial charge on any atom is 0.185 e. The van der Waals surface area contributed by atoms with E-state index in [9.17, 15) is 0 Å². The summed E-state index contributed by atoms with van der Waals surface area (Å²) in [4.78, 5) is 0. The maximum absolute atomic E-state index is 6.42. The number of ether oxygens (including phenoxy) is 2. The SMILES string of the molecule is CCCC#Cc1cc(C#CCCC)cc(C#Cc2cc(C#CC(C)(C)C)c(C3OC4CCCC4O3)cc2C#CC(C)(C)C)c1. The average molecular weight is 583 g/mol. The van der Waals surface area contributed by atoms with Crippen molar-refractivity contribution in [3.8, 4) is 59.2 Å². The molecule has 2 atom stereocenters. The molecular formula is C42H46O2. The van der Waals surface area contributed by atoms with Gasteiger partial charge in [0.1, 0.15) is 0 Å². The van der Waals surface area contributed by atoms with Crippen LogP contribution in [0.1, 0.15) is 146 Å². The summed E-state index contributed by atoms with van der Waals surface area (Å²) < 4.78 is 12.8. The van der Waals surface area contributed by atoms with Crippen molar-refractivity contribution in [3.63, 3.8) is 0 Å². The predicted molar refractivity (Wildman–Crippen MR) is 181 cm³/mol. The molecule has 2 aromatic carbocycles. The lowest BCUT2D eigenvalue weighted by Crippen LogP contribution is -2.13. The van der Waals surface area contributed by atoms with Crippen molar-refractivity contribution in [2.75, 3.05) is 0 Å². The third-order valence-electron chi connectivity index (χ3n) is 7.07. The van der Waals surface area contributed by atoms with Gasteiger partial charge in [0.05, 0.1) is 12.2 Å². The molecule has 2 aromatic rings. The summed E-state index contributed by atoms with van der Waals surface area (Å²) in [6.07, 6.45) is 6.86. The highest BCUT2D eigenvalue weighted by atomic mass is 16.7. The number of fused-ring (bicyclic) bond motifs is 1. The van der Waals surface area contributed by atoms with E-state index in [4.69, 9.17) is 9.47 Å². The Morgan fingerprint density at radius 2 is 1.07 bits per heavy atom. The van der Waals surface area contributed by atoms with E-state index < -0.39 is 6.29 Å². The van der Waals surface area contributed by atoms with Gasteiger partial charge in [-0.15, -0.1) is 0 Å². The van der Waals surface area contributed by atoms with Gasteiger partial charge in [-0.25, -0.2) is 0 Å². The molecule has 0 N–H and O–H groups in total. The summed E-state index contributed by atoms with van der Waals surface area (Å²) in [5.74, 6) is 33.7. The largest absolute Gasteiger partial charge is 0.342 e. The molecule has 4 rings (SSSR count). The molecule has 226 valence electrons. The van der Waals surface area contributed by atoms with Gasteiger partial charge < -0.3 is 9.47 Å². The number of hydrogen-bond acceptors (Lipinski definition) is 2. The highest BCUT2D eigenvalue weighted by Crippen LogP contribution is 2.41. The first kappa shape index (κ1) is 33.1. The molecule has 2 heteroatoms. The molecule has 1 heterocycles. The second-order valence-corrected chi connectivity index (χ2v) is 13.7. The minimum absolute atomic E-state index is 0.148. The molecule has 44 heavy (non-hydrogen) atoms. The van der Waals surface area contributed by atoms with E-state index >= 15 is 0 Å². The van der Waals surface area contributed by atoms with Gasteiger partial charge in [-0.1, -0.05) is 73.1 Å². The highest BCUT2D eigenvalue weighted by Gasteiger charge is 2.40. The lowest BCUT2D eigenvalue weighted by Gasteiger charge is -2.16. The van der Waals surface area contributed by atoms with Crippen LogP contribution in [0.5, 0.6) is 0 Å². The zero-order chi connectivity index (χ0) is 31.7. The van der Waals surface area contributed by atoms with Crippen molar-refractivity contribution in [2.45, 2.75) is 119 Å². The van der Waals surface area contributed by atoms with Crippen molar-refractivity contribution in [1.82, 2.24) is 0 Å². The molecule has 0 bridgehead atoms. The van der Waals surface area contributed by atoms with Crippen LogP contribution in [-0.2, 0) is 9.47 Å². The topological polar surface area (TPSA) is 18.5 Å². The number of hydrogen-bond donors (Lipinski definition) is 0. The minimum atomic E-state index is -0.450. The summed E-state index contributed by atoms with van der Waals surface area (Å²) >= 11 is 0. The molecular weight excluding hydrogens is 536 g/mol. The molecule has 1 aliphatic carbocycles. The molecule has 1 saturated heterocycles. The standard InChI is InChI=1S/C42H46O2/c1-9-11-13-16-31-26-32(17-14-12-10-2)28-33(27-31)20-21-34-29-36(23-25-42(6,7)8)37(30-35(34)22-24-41(3,4)5)40-43-38-18-15-19-39(38)44-40/h26-30,38-40H,9-12,15,18-19H2,1-8H3. The van der Waals surface area contributed by atoms with Crippen molar-refractivity contribution < 1.29 is 9.47 Å². The van der Waals surface area contributed by atoms with Crippen LogP contribution >= 0.6 is 0 Å². The quantitative estimate of drug-likeness (QED) is 0.336. The smallest absolute Gasteiger partial charge is 0.185 e. The fourth-order valence-corrected chi connectivity index (χ4v) is 4.90. The Bertz CT molecular complexity index is 1610. The van der Waals surface area contributed by atoms with E-state index in [1.165, 1.54) is 0 Å². The van der Waals surface area contributed by atoms with Gasteiger partial charge in [0, 0.05) is 62.6 Å². The Hall–Kier alpha value is -3.84. The van der Waals surface area contributed by atoms with E-state index in [0.717, 1.165) is 83.9 Å². The lowest BCUT2D eigenvalue weighted by molar-refractivity contribution is -0.0753. The summed E-state index contributed by atoms with van der Waals surface area (Å²) in [6, 6.07) is 10.3. The van der Waals surface area contributed by atoms with Gasteiger partial charge in [-0.05, 0) is 104 Å². The van der Waals surface area contributed by atoms with Crippen LogP contribution in [-0.4, -0.2) is 12.2 Å². The van der Waals surface area contributed by atoms with Crippen LogP contribution in [0.2, 0.25) is 0 Å². The van der Waals surface area contributed by atoms with Crippen LogP contribution < -0.4 is 0 Å². The number of benzene rings is 2. The average Bonchev–Trinajstić information content (AvgIpc) is 3.56. The summed E-state index contributed by atoms with van der Waals surface area (Å²) in [5.41, 5.74) is 5.94. The van der Waals surface area contributed by atoms with Crippen LogP contribution in [0.15, 0.2) is 30.3 Å². The Morgan fingerprint density at radius 1 is 0.591 bits per heavy atom. The van der Waals surface area contributed by atoms with Crippen molar-refractivity contribution in [3.05, 3.63) is 69.3 Å². The molecule has 2 aliphatic rings. The van der Waals surface area contributed by atoms with E-state index in [-0.39, 0.29) is 23.0 Å². The fourth-order valence-electron chi connectivity index (χ4n) is 4.90. The first-order valence-electron chi connectivity index (χ1n) is 16.1. The highest BCUT2D eigenvalue weighted by molar-refractivity contribution is 5.60. The molecule has 2 nitrogen and oxygen atoms in total. The van der Waals surface area contributed by atoms with Gasteiger partial charge >= 0.3 is 0 Å². The second kappa shape index (κ2) is 14.8. The lowest BCUT2D eigenvalue weighted by atomic mass is 9.93. The predicted octanol–water partition coefficient (Wildman–Crippen LogP) is 9.15. The van der Waals surface area contributed by atoms with Gasteiger partial charge in [0.25, 0.3) is 0 Å². The monoisotopic (exact) mass is 582 g/mol. The van der Waals surface area contributed by atoms with E-state index in [1.807, 2.05) is 0 Å². The molecule has 0 amide bonds. The maximum atomic E-state index is 6.42. The molecule has 1 aliphatic heterocycles. The third kappa shape index (κ3) is 9.84. The van der Waals surface area contributed by atoms with Crippen molar-refractivity contribution >= 4 is 0 Å². The minimum Gasteiger partial charge on any atom is -0.342 e. The zero-order valence-corrected chi connectivity index (χ0v) is 27.9. The molecule has 2 unspecified atom stereocenters. The van der Waals surface area contributed by atoms with Gasteiger partial charge in [-0.2, -0.15) is 0 Å².